The lowest BCUT2D eigenvalue weighted by atomic mass is 10.0. The average Bonchev–Trinajstić information content (AvgIpc) is 2.68. The van der Waals surface area contributed by atoms with Gasteiger partial charge >= 0.3 is 0 Å². The van der Waals surface area contributed by atoms with Crippen LogP contribution in [0.5, 0.6) is 5.75 Å². The molecule has 168 valence electrons. The first kappa shape index (κ1) is 24.7. The average molecular weight is 445 g/mol. The molecule has 0 heterocycles. The fourth-order valence-corrected chi connectivity index (χ4v) is 3.40. The Morgan fingerprint density at radius 1 is 1.10 bits per heavy atom. The molecule has 0 saturated heterocycles. The summed E-state index contributed by atoms with van der Waals surface area (Å²) in [6.07, 6.45) is 0.500. The zero-order chi connectivity index (χ0) is 23.2. The Bertz CT molecular complexity index is 921. The number of amides is 2. The highest BCUT2D eigenvalue weighted by Gasteiger charge is 2.31. The van der Waals surface area contributed by atoms with Crippen molar-refractivity contribution >= 4 is 23.4 Å². The number of halogens is 1. The maximum atomic E-state index is 13.2. The van der Waals surface area contributed by atoms with Crippen molar-refractivity contribution in [3.05, 3.63) is 64.2 Å². The van der Waals surface area contributed by atoms with Crippen molar-refractivity contribution in [2.45, 2.75) is 66.1 Å². The van der Waals surface area contributed by atoms with Gasteiger partial charge in [-0.15, -0.1) is 0 Å². The van der Waals surface area contributed by atoms with Gasteiger partial charge in [0.25, 0.3) is 5.91 Å². The van der Waals surface area contributed by atoms with Crippen LogP contribution in [-0.2, 0) is 16.1 Å². The molecule has 2 rings (SSSR count). The normalized spacial score (nSPS) is 12.2. The summed E-state index contributed by atoms with van der Waals surface area (Å²) >= 11 is 6.07. The quantitative estimate of drug-likeness (QED) is 0.619. The van der Waals surface area contributed by atoms with E-state index in [2.05, 4.69) is 5.32 Å². The van der Waals surface area contributed by atoms with E-state index in [4.69, 9.17) is 16.3 Å². The fourth-order valence-electron chi connectivity index (χ4n) is 3.28. The van der Waals surface area contributed by atoms with Crippen LogP contribution in [0.25, 0.3) is 0 Å². The van der Waals surface area contributed by atoms with E-state index in [0.29, 0.717) is 23.7 Å². The van der Waals surface area contributed by atoms with Crippen molar-refractivity contribution in [2.24, 2.45) is 0 Å². The van der Waals surface area contributed by atoms with Gasteiger partial charge < -0.3 is 15.0 Å². The lowest BCUT2D eigenvalue weighted by molar-refractivity contribution is -0.143. The lowest BCUT2D eigenvalue weighted by Crippen LogP contribution is -2.54. The Balaban J connectivity index is 2.26. The van der Waals surface area contributed by atoms with Gasteiger partial charge in [-0.25, -0.2) is 0 Å². The predicted molar refractivity (Wildman–Crippen MR) is 125 cm³/mol. The number of nitrogens with one attached hydrogen (secondary N) is 1. The molecule has 5 nitrogen and oxygen atoms in total. The molecular weight excluding hydrogens is 412 g/mol. The topological polar surface area (TPSA) is 58.6 Å². The standard InChI is InChI=1S/C25H33ClN2O3/c1-7-22(24(30)27-25(4,5)6)28(15-19-11-9-8-10-17(19)2)23(29)16-31-20-12-13-21(26)18(3)14-20/h8-14,22H,7,15-16H2,1-6H3,(H,27,30). The molecule has 0 aromatic heterocycles. The van der Waals surface area contributed by atoms with Gasteiger partial charge in [0.1, 0.15) is 11.8 Å². The van der Waals surface area contributed by atoms with Gasteiger partial charge in [0, 0.05) is 17.1 Å². The van der Waals surface area contributed by atoms with Gasteiger partial charge in [-0.1, -0.05) is 42.8 Å². The second kappa shape index (κ2) is 10.7. The van der Waals surface area contributed by atoms with Crippen LogP contribution in [0.2, 0.25) is 5.02 Å². The minimum Gasteiger partial charge on any atom is -0.484 e. The summed E-state index contributed by atoms with van der Waals surface area (Å²) in [6.45, 7) is 11.8. The molecular formula is C25H33ClN2O3. The van der Waals surface area contributed by atoms with Crippen LogP contribution >= 0.6 is 11.6 Å². The number of nitrogens with zero attached hydrogens (tertiary/aromatic N) is 1. The molecule has 0 bridgehead atoms. The molecule has 2 aromatic carbocycles. The first-order chi connectivity index (χ1) is 14.5. The van der Waals surface area contributed by atoms with Crippen molar-refractivity contribution in [2.75, 3.05) is 6.61 Å². The monoisotopic (exact) mass is 444 g/mol. The smallest absolute Gasteiger partial charge is 0.261 e. The van der Waals surface area contributed by atoms with E-state index in [1.165, 1.54) is 0 Å². The van der Waals surface area contributed by atoms with E-state index in [1.54, 1.807) is 23.1 Å². The molecule has 31 heavy (non-hydrogen) atoms. The summed E-state index contributed by atoms with van der Waals surface area (Å²) in [5.41, 5.74) is 2.55. The van der Waals surface area contributed by atoms with Gasteiger partial charge in [-0.2, -0.15) is 0 Å². The minimum absolute atomic E-state index is 0.160. The zero-order valence-corrected chi connectivity index (χ0v) is 20.0. The summed E-state index contributed by atoms with van der Waals surface area (Å²) in [4.78, 5) is 27.9. The maximum Gasteiger partial charge on any atom is 0.261 e. The fraction of sp³-hybridized carbons (Fsp3) is 0.440. The van der Waals surface area contributed by atoms with Gasteiger partial charge in [0.2, 0.25) is 5.91 Å². The highest BCUT2D eigenvalue weighted by molar-refractivity contribution is 6.31. The summed E-state index contributed by atoms with van der Waals surface area (Å²) in [6, 6.07) is 12.6. The van der Waals surface area contributed by atoms with Crippen LogP contribution in [0.3, 0.4) is 0 Å². The van der Waals surface area contributed by atoms with Crippen LogP contribution in [0.4, 0.5) is 0 Å². The molecule has 2 aromatic rings. The molecule has 0 aliphatic heterocycles. The number of benzene rings is 2. The summed E-state index contributed by atoms with van der Waals surface area (Å²) < 4.78 is 5.75. The Morgan fingerprint density at radius 3 is 2.35 bits per heavy atom. The first-order valence-electron chi connectivity index (χ1n) is 10.6. The molecule has 0 aliphatic rings. The number of ether oxygens (including phenoxy) is 1. The van der Waals surface area contributed by atoms with E-state index in [1.807, 2.05) is 65.8 Å². The van der Waals surface area contributed by atoms with E-state index < -0.39 is 6.04 Å². The third kappa shape index (κ3) is 7.28. The molecule has 0 radical (unpaired) electrons. The van der Waals surface area contributed by atoms with Crippen molar-refractivity contribution in [3.63, 3.8) is 0 Å². The van der Waals surface area contributed by atoms with Crippen LogP contribution in [0, 0.1) is 13.8 Å². The summed E-state index contributed by atoms with van der Waals surface area (Å²) in [5, 5.41) is 3.65. The molecule has 1 atom stereocenters. The van der Waals surface area contributed by atoms with Gasteiger partial charge in [0.05, 0.1) is 0 Å². The van der Waals surface area contributed by atoms with Crippen LogP contribution in [0.15, 0.2) is 42.5 Å². The number of carbonyl (C=O) groups excluding carboxylic acids is 2. The van der Waals surface area contributed by atoms with E-state index in [9.17, 15) is 9.59 Å². The van der Waals surface area contributed by atoms with Crippen LogP contribution in [-0.4, -0.2) is 34.9 Å². The second-order valence-electron chi connectivity index (χ2n) is 8.81. The molecule has 0 spiro atoms. The SMILES string of the molecule is CCC(C(=O)NC(C)(C)C)N(Cc1ccccc1C)C(=O)COc1ccc(Cl)c(C)c1. The van der Waals surface area contributed by atoms with Gasteiger partial charge in [-0.05, 0) is 75.9 Å². The van der Waals surface area contributed by atoms with Gasteiger partial charge in [-0.3, -0.25) is 9.59 Å². The molecule has 0 aliphatic carbocycles. The molecule has 0 fully saturated rings. The zero-order valence-electron chi connectivity index (χ0n) is 19.3. The Morgan fingerprint density at radius 2 is 1.77 bits per heavy atom. The Hall–Kier alpha value is -2.53. The number of rotatable bonds is 8. The van der Waals surface area contributed by atoms with E-state index in [-0.39, 0.29) is 24.0 Å². The van der Waals surface area contributed by atoms with Crippen LogP contribution in [0.1, 0.15) is 50.8 Å². The summed E-state index contributed by atoms with van der Waals surface area (Å²) in [5.74, 6) is 0.157. The predicted octanol–water partition coefficient (Wildman–Crippen LogP) is 5.06. The maximum absolute atomic E-state index is 13.2. The highest BCUT2D eigenvalue weighted by atomic mass is 35.5. The van der Waals surface area contributed by atoms with Crippen molar-refractivity contribution in [1.82, 2.24) is 10.2 Å². The van der Waals surface area contributed by atoms with E-state index >= 15 is 0 Å². The molecule has 1 unspecified atom stereocenters. The largest absolute Gasteiger partial charge is 0.484 e. The lowest BCUT2D eigenvalue weighted by Gasteiger charge is -2.33. The highest BCUT2D eigenvalue weighted by Crippen LogP contribution is 2.22. The van der Waals surface area contributed by atoms with Crippen molar-refractivity contribution in [1.29, 1.82) is 0 Å². The van der Waals surface area contributed by atoms with Crippen molar-refractivity contribution < 1.29 is 14.3 Å². The number of hydrogen-bond acceptors (Lipinski definition) is 3. The second-order valence-corrected chi connectivity index (χ2v) is 9.22. The third-order valence-corrected chi connectivity index (χ3v) is 5.40. The number of hydrogen-bond donors (Lipinski definition) is 1. The molecule has 2 amide bonds. The molecule has 1 N–H and O–H groups in total. The molecule has 0 saturated carbocycles. The Labute approximate surface area is 190 Å². The third-order valence-electron chi connectivity index (χ3n) is 4.98. The molecule has 6 heteroatoms. The number of carbonyl (C=O) groups is 2. The van der Waals surface area contributed by atoms with Crippen molar-refractivity contribution in [3.8, 4) is 5.75 Å². The first-order valence-corrected chi connectivity index (χ1v) is 10.9. The summed E-state index contributed by atoms with van der Waals surface area (Å²) in [7, 11) is 0. The van der Waals surface area contributed by atoms with Crippen LogP contribution < -0.4 is 10.1 Å². The Kier molecular flexibility index (Phi) is 8.52. The van der Waals surface area contributed by atoms with E-state index in [0.717, 1.165) is 16.7 Å². The minimum atomic E-state index is -0.595. The van der Waals surface area contributed by atoms with Gasteiger partial charge in [0.15, 0.2) is 6.61 Å². The number of aryl methyl sites for hydroxylation is 2.